The predicted octanol–water partition coefficient (Wildman–Crippen LogP) is 2.77. The van der Waals surface area contributed by atoms with Crippen LogP contribution in [-0.2, 0) is 14.2 Å². The van der Waals surface area contributed by atoms with E-state index in [1.165, 1.54) is 25.7 Å². The van der Waals surface area contributed by atoms with Crippen molar-refractivity contribution in [1.29, 1.82) is 0 Å². The molecule has 0 aromatic rings. The second-order valence-electron chi connectivity index (χ2n) is 5.64. The fourth-order valence-corrected chi connectivity index (χ4v) is 1.30. The first-order valence-electron chi connectivity index (χ1n) is 8.57. The molecular formula is C17H38O5. The topological polar surface area (TPSA) is 68.2 Å². The van der Waals surface area contributed by atoms with E-state index in [1.807, 2.05) is 6.92 Å². The van der Waals surface area contributed by atoms with E-state index < -0.39 is 6.10 Å². The third kappa shape index (κ3) is 22.1. The van der Waals surface area contributed by atoms with Crippen LogP contribution in [0.1, 0.15) is 60.3 Å². The van der Waals surface area contributed by atoms with Gasteiger partial charge in [-0.3, -0.25) is 0 Å². The van der Waals surface area contributed by atoms with E-state index in [0.717, 1.165) is 13.2 Å². The molecule has 0 aromatic heterocycles. The van der Waals surface area contributed by atoms with Crippen LogP contribution in [0, 0.1) is 0 Å². The summed E-state index contributed by atoms with van der Waals surface area (Å²) >= 11 is 0. The maximum absolute atomic E-state index is 8.92. The predicted molar refractivity (Wildman–Crippen MR) is 90.2 cm³/mol. The maximum Gasteiger partial charge on any atom is 0.0781 e. The lowest BCUT2D eigenvalue weighted by Crippen LogP contribution is -2.24. The van der Waals surface area contributed by atoms with Crippen LogP contribution < -0.4 is 0 Å². The SMILES string of the molecule is CC(O)COC(C)COC(C)CO.CCCCOCCCC. The monoisotopic (exact) mass is 322 g/mol. The van der Waals surface area contributed by atoms with Crippen LogP contribution in [0.15, 0.2) is 0 Å². The summed E-state index contributed by atoms with van der Waals surface area (Å²) in [6, 6.07) is 0. The van der Waals surface area contributed by atoms with Crippen molar-refractivity contribution < 1.29 is 24.4 Å². The van der Waals surface area contributed by atoms with Gasteiger partial charge in [0, 0.05) is 13.2 Å². The number of hydrogen-bond donors (Lipinski definition) is 2. The van der Waals surface area contributed by atoms with E-state index in [9.17, 15) is 0 Å². The quantitative estimate of drug-likeness (QED) is 0.510. The van der Waals surface area contributed by atoms with E-state index in [0.29, 0.717) is 13.2 Å². The number of rotatable bonds is 13. The standard InChI is InChI=1S/C9H20O4.C8H18O/c1-7(11)5-12-9(3)6-13-8(2)4-10;1-3-5-7-9-8-6-4-2/h7-11H,4-6H2,1-3H3;3-8H2,1-2H3. The van der Waals surface area contributed by atoms with Crippen molar-refractivity contribution >= 4 is 0 Å². The molecular weight excluding hydrogens is 284 g/mol. The van der Waals surface area contributed by atoms with Gasteiger partial charge in [-0.15, -0.1) is 0 Å². The highest BCUT2D eigenvalue weighted by molar-refractivity contribution is 4.52. The van der Waals surface area contributed by atoms with Crippen LogP contribution in [-0.4, -0.2) is 61.6 Å². The molecule has 22 heavy (non-hydrogen) atoms. The van der Waals surface area contributed by atoms with Crippen LogP contribution in [0.25, 0.3) is 0 Å². The zero-order valence-electron chi connectivity index (χ0n) is 15.2. The Morgan fingerprint density at radius 3 is 1.73 bits per heavy atom. The van der Waals surface area contributed by atoms with E-state index in [1.54, 1.807) is 13.8 Å². The van der Waals surface area contributed by atoms with Crippen LogP contribution in [0.4, 0.5) is 0 Å². The molecule has 0 aliphatic carbocycles. The molecule has 0 saturated carbocycles. The van der Waals surface area contributed by atoms with Crippen molar-refractivity contribution in [3.8, 4) is 0 Å². The summed E-state index contributed by atoms with van der Waals surface area (Å²) in [6.07, 6.45) is 4.25. The van der Waals surface area contributed by atoms with Crippen LogP contribution >= 0.6 is 0 Å². The Kier molecular flexibility index (Phi) is 20.6. The average molecular weight is 322 g/mol. The van der Waals surface area contributed by atoms with Gasteiger partial charge in [-0.2, -0.15) is 0 Å². The molecule has 5 heteroatoms. The van der Waals surface area contributed by atoms with Crippen molar-refractivity contribution in [3.63, 3.8) is 0 Å². The molecule has 0 bridgehead atoms. The number of hydrogen-bond acceptors (Lipinski definition) is 5. The second-order valence-corrected chi connectivity index (χ2v) is 5.64. The molecule has 0 radical (unpaired) electrons. The first-order chi connectivity index (χ1) is 10.5. The Bertz CT molecular complexity index is 193. The van der Waals surface area contributed by atoms with Crippen LogP contribution in [0.2, 0.25) is 0 Å². The van der Waals surface area contributed by atoms with Gasteiger partial charge in [0.15, 0.2) is 0 Å². The molecule has 0 aromatic carbocycles. The highest BCUT2D eigenvalue weighted by atomic mass is 16.5. The van der Waals surface area contributed by atoms with Gasteiger partial charge in [-0.05, 0) is 33.6 Å². The van der Waals surface area contributed by atoms with Gasteiger partial charge in [0.05, 0.1) is 38.1 Å². The first-order valence-corrected chi connectivity index (χ1v) is 8.57. The number of unbranched alkanes of at least 4 members (excludes halogenated alkanes) is 2. The molecule has 0 rings (SSSR count). The summed E-state index contributed by atoms with van der Waals surface area (Å²) in [5.74, 6) is 0. The Hall–Kier alpha value is -0.200. The van der Waals surface area contributed by atoms with Crippen molar-refractivity contribution in [2.45, 2.75) is 78.6 Å². The van der Waals surface area contributed by atoms with E-state index in [2.05, 4.69) is 13.8 Å². The smallest absolute Gasteiger partial charge is 0.0781 e. The maximum atomic E-state index is 8.92. The Morgan fingerprint density at radius 1 is 0.818 bits per heavy atom. The number of ether oxygens (including phenoxy) is 3. The molecule has 3 unspecified atom stereocenters. The lowest BCUT2D eigenvalue weighted by molar-refractivity contribution is -0.0620. The fraction of sp³-hybridized carbons (Fsp3) is 1.00. The average Bonchev–Trinajstić information content (AvgIpc) is 2.51. The number of aliphatic hydroxyl groups excluding tert-OH is 2. The summed E-state index contributed by atoms with van der Waals surface area (Å²) in [7, 11) is 0. The fourth-order valence-electron chi connectivity index (χ4n) is 1.30. The van der Waals surface area contributed by atoms with Crippen molar-refractivity contribution in [2.75, 3.05) is 33.0 Å². The Labute approximate surface area is 137 Å². The summed E-state index contributed by atoms with van der Waals surface area (Å²) < 4.78 is 15.8. The molecule has 0 saturated heterocycles. The first kappa shape index (κ1) is 24.1. The van der Waals surface area contributed by atoms with Gasteiger partial charge in [0.1, 0.15) is 0 Å². The molecule has 0 aliphatic rings. The van der Waals surface area contributed by atoms with Gasteiger partial charge in [-0.25, -0.2) is 0 Å². The molecule has 0 spiro atoms. The van der Waals surface area contributed by atoms with Crippen molar-refractivity contribution in [2.24, 2.45) is 0 Å². The minimum atomic E-state index is -0.447. The zero-order chi connectivity index (χ0) is 17.2. The Balaban J connectivity index is 0. The van der Waals surface area contributed by atoms with Gasteiger partial charge in [0.2, 0.25) is 0 Å². The normalized spacial score (nSPS) is 14.9. The zero-order valence-corrected chi connectivity index (χ0v) is 15.2. The van der Waals surface area contributed by atoms with Crippen molar-refractivity contribution in [3.05, 3.63) is 0 Å². The summed E-state index contributed by atoms with van der Waals surface area (Å²) in [5, 5.41) is 17.6. The van der Waals surface area contributed by atoms with E-state index >= 15 is 0 Å². The lowest BCUT2D eigenvalue weighted by Gasteiger charge is -2.16. The van der Waals surface area contributed by atoms with E-state index in [4.69, 9.17) is 24.4 Å². The van der Waals surface area contributed by atoms with Gasteiger partial charge in [-0.1, -0.05) is 26.7 Å². The molecule has 2 N–H and O–H groups in total. The summed E-state index contributed by atoms with van der Waals surface area (Å²) in [6.45, 7) is 12.4. The molecule has 5 nitrogen and oxygen atoms in total. The number of aliphatic hydroxyl groups is 2. The minimum Gasteiger partial charge on any atom is -0.394 e. The van der Waals surface area contributed by atoms with Crippen LogP contribution in [0.5, 0.6) is 0 Å². The third-order valence-corrected chi connectivity index (χ3v) is 2.78. The van der Waals surface area contributed by atoms with Crippen LogP contribution in [0.3, 0.4) is 0 Å². The second kappa shape index (κ2) is 18.8. The molecule has 0 heterocycles. The largest absolute Gasteiger partial charge is 0.394 e. The minimum absolute atomic E-state index is 0.0170. The molecule has 0 amide bonds. The molecule has 3 atom stereocenters. The van der Waals surface area contributed by atoms with Gasteiger partial charge in [0.25, 0.3) is 0 Å². The third-order valence-electron chi connectivity index (χ3n) is 2.78. The van der Waals surface area contributed by atoms with Crippen molar-refractivity contribution in [1.82, 2.24) is 0 Å². The summed E-state index contributed by atoms with van der Waals surface area (Å²) in [4.78, 5) is 0. The molecule has 0 fully saturated rings. The highest BCUT2D eigenvalue weighted by Gasteiger charge is 2.06. The molecule has 136 valence electrons. The summed E-state index contributed by atoms with van der Waals surface area (Å²) in [5.41, 5.74) is 0. The molecule has 0 aliphatic heterocycles. The highest BCUT2D eigenvalue weighted by Crippen LogP contribution is 1.97. The lowest BCUT2D eigenvalue weighted by atomic mass is 10.3. The van der Waals surface area contributed by atoms with Gasteiger partial charge < -0.3 is 24.4 Å². The van der Waals surface area contributed by atoms with Gasteiger partial charge >= 0.3 is 0 Å². The Morgan fingerprint density at radius 2 is 1.32 bits per heavy atom. The van der Waals surface area contributed by atoms with E-state index in [-0.39, 0.29) is 18.8 Å².